The number of halogens is 3. The molecule has 1 aromatic rings. The van der Waals surface area contributed by atoms with Gasteiger partial charge in [0.05, 0.1) is 12.2 Å². The molecule has 0 aromatic heterocycles. The van der Waals surface area contributed by atoms with Gasteiger partial charge in [-0.05, 0) is 37.9 Å². The van der Waals surface area contributed by atoms with Crippen molar-refractivity contribution in [3.8, 4) is 0 Å². The molecule has 0 aliphatic carbocycles. The van der Waals surface area contributed by atoms with Gasteiger partial charge in [0.15, 0.2) is 0 Å². The number of rotatable bonds is 4. The highest BCUT2D eigenvalue weighted by Crippen LogP contribution is 2.30. The molecule has 2 rings (SSSR count). The number of hydrogen-bond donors (Lipinski definition) is 0. The number of likely N-dealkylation sites (tertiary alicyclic amines) is 1. The fraction of sp³-hybridized carbons (Fsp3) is 0.562. The van der Waals surface area contributed by atoms with Crippen LogP contribution < -0.4 is 0 Å². The lowest BCUT2D eigenvalue weighted by Gasteiger charge is -2.34. The van der Waals surface area contributed by atoms with Crippen LogP contribution in [0.15, 0.2) is 24.3 Å². The summed E-state index contributed by atoms with van der Waals surface area (Å²) in [7, 11) is 0. The molecule has 1 aliphatic heterocycles. The largest absolute Gasteiger partial charge is 0.465 e. The van der Waals surface area contributed by atoms with E-state index in [2.05, 4.69) is 0 Å². The van der Waals surface area contributed by atoms with Crippen molar-refractivity contribution >= 4 is 5.97 Å². The van der Waals surface area contributed by atoms with Crippen LogP contribution in [0.3, 0.4) is 0 Å². The Morgan fingerprint density at radius 2 is 2.14 bits per heavy atom. The molecule has 6 heteroatoms. The summed E-state index contributed by atoms with van der Waals surface area (Å²) in [6.07, 6.45) is -1.78. The van der Waals surface area contributed by atoms with Crippen LogP contribution in [0.4, 0.5) is 13.2 Å². The normalized spacial score (nSPS) is 19.9. The second-order valence-corrected chi connectivity index (χ2v) is 5.43. The third-order valence-electron chi connectivity index (χ3n) is 3.81. The van der Waals surface area contributed by atoms with Crippen LogP contribution in [0.2, 0.25) is 0 Å². The lowest BCUT2D eigenvalue weighted by atomic mass is 10.0. The zero-order valence-corrected chi connectivity index (χ0v) is 12.5. The van der Waals surface area contributed by atoms with Crippen molar-refractivity contribution in [2.24, 2.45) is 0 Å². The molecule has 0 spiro atoms. The summed E-state index contributed by atoms with van der Waals surface area (Å²) in [5, 5.41) is 0. The van der Waals surface area contributed by atoms with E-state index in [0.29, 0.717) is 31.7 Å². The Bertz CT molecular complexity index is 516. The molecule has 0 amide bonds. The van der Waals surface area contributed by atoms with Crippen LogP contribution in [0.5, 0.6) is 0 Å². The highest BCUT2D eigenvalue weighted by molar-refractivity contribution is 5.75. The van der Waals surface area contributed by atoms with Gasteiger partial charge in [-0.15, -0.1) is 0 Å². The quantitative estimate of drug-likeness (QED) is 0.795. The molecule has 1 aromatic carbocycles. The molecule has 0 saturated carbocycles. The number of benzene rings is 1. The first-order valence-corrected chi connectivity index (χ1v) is 7.48. The Hall–Kier alpha value is -1.56. The highest BCUT2D eigenvalue weighted by Gasteiger charge is 2.32. The van der Waals surface area contributed by atoms with E-state index < -0.39 is 11.7 Å². The topological polar surface area (TPSA) is 29.5 Å². The predicted octanol–water partition coefficient (Wildman–Crippen LogP) is 3.62. The number of hydrogen-bond acceptors (Lipinski definition) is 3. The van der Waals surface area contributed by atoms with E-state index in [1.807, 2.05) is 4.90 Å². The minimum atomic E-state index is -4.35. The SMILES string of the molecule is CCOC(=O)[C@H]1CCCCN1Cc1cccc(C(F)(F)F)c1. The molecule has 0 unspecified atom stereocenters. The summed E-state index contributed by atoms with van der Waals surface area (Å²) < 4.78 is 43.4. The van der Waals surface area contributed by atoms with Crippen LogP contribution in [0, 0.1) is 0 Å². The summed E-state index contributed by atoms with van der Waals surface area (Å²) in [4.78, 5) is 13.9. The first-order chi connectivity index (χ1) is 10.4. The molecule has 1 heterocycles. The first-order valence-electron chi connectivity index (χ1n) is 7.48. The number of piperidine rings is 1. The Labute approximate surface area is 128 Å². The minimum Gasteiger partial charge on any atom is -0.465 e. The third kappa shape index (κ3) is 4.22. The second kappa shape index (κ2) is 7.13. The number of nitrogens with zero attached hydrogens (tertiary/aromatic N) is 1. The van der Waals surface area contributed by atoms with Gasteiger partial charge in [-0.2, -0.15) is 13.2 Å². The summed E-state index contributed by atoms with van der Waals surface area (Å²) in [5.41, 5.74) is -0.0966. The van der Waals surface area contributed by atoms with E-state index in [0.717, 1.165) is 25.0 Å². The van der Waals surface area contributed by atoms with E-state index in [-0.39, 0.29) is 12.0 Å². The van der Waals surface area contributed by atoms with Gasteiger partial charge in [0.2, 0.25) is 0 Å². The Kier molecular flexibility index (Phi) is 5.45. The zero-order chi connectivity index (χ0) is 16.2. The van der Waals surface area contributed by atoms with Crippen LogP contribution in [-0.2, 0) is 22.3 Å². The molecule has 1 fully saturated rings. The van der Waals surface area contributed by atoms with Crippen LogP contribution in [0.25, 0.3) is 0 Å². The summed E-state index contributed by atoms with van der Waals surface area (Å²) in [5.74, 6) is -0.283. The molecule has 1 aliphatic rings. The van der Waals surface area contributed by atoms with E-state index >= 15 is 0 Å². The number of alkyl halides is 3. The molecular weight excluding hydrogens is 295 g/mol. The van der Waals surface area contributed by atoms with Gasteiger partial charge in [0.25, 0.3) is 0 Å². The van der Waals surface area contributed by atoms with Gasteiger partial charge in [-0.3, -0.25) is 9.69 Å². The molecule has 1 atom stereocenters. The number of carbonyl (C=O) groups is 1. The standard InChI is InChI=1S/C16H20F3NO2/c1-2-22-15(21)14-8-3-4-9-20(14)11-12-6-5-7-13(10-12)16(17,18)19/h5-7,10,14H,2-4,8-9,11H2,1H3/t14-/m1/s1. The summed E-state index contributed by atoms with van der Waals surface area (Å²) in [6.45, 7) is 3.08. The molecule has 3 nitrogen and oxygen atoms in total. The maximum atomic E-state index is 12.8. The summed E-state index contributed by atoms with van der Waals surface area (Å²) in [6, 6.07) is 4.91. The van der Waals surface area contributed by atoms with Crippen molar-refractivity contribution in [1.82, 2.24) is 4.90 Å². The maximum Gasteiger partial charge on any atom is 0.416 e. The van der Waals surface area contributed by atoms with Gasteiger partial charge in [-0.1, -0.05) is 24.6 Å². The van der Waals surface area contributed by atoms with Crippen molar-refractivity contribution in [3.05, 3.63) is 35.4 Å². The maximum absolute atomic E-state index is 12.8. The molecule has 0 bridgehead atoms. The number of esters is 1. The zero-order valence-electron chi connectivity index (χ0n) is 12.5. The minimum absolute atomic E-state index is 0.283. The average molecular weight is 315 g/mol. The van der Waals surface area contributed by atoms with Crippen LogP contribution >= 0.6 is 0 Å². The van der Waals surface area contributed by atoms with Gasteiger partial charge in [0.1, 0.15) is 6.04 Å². The smallest absolute Gasteiger partial charge is 0.416 e. The van der Waals surface area contributed by atoms with Crippen molar-refractivity contribution in [3.63, 3.8) is 0 Å². The van der Waals surface area contributed by atoms with Gasteiger partial charge < -0.3 is 4.74 Å². The fourth-order valence-electron chi connectivity index (χ4n) is 2.77. The third-order valence-corrected chi connectivity index (χ3v) is 3.81. The molecule has 0 N–H and O–H groups in total. The van der Waals surface area contributed by atoms with Crippen molar-refractivity contribution in [2.75, 3.05) is 13.2 Å². The van der Waals surface area contributed by atoms with Crippen molar-refractivity contribution in [1.29, 1.82) is 0 Å². The Balaban J connectivity index is 2.12. The van der Waals surface area contributed by atoms with Gasteiger partial charge in [-0.25, -0.2) is 0 Å². The summed E-state index contributed by atoms with van der Waals surface area (Å²) >= 11 is 0. The van der Waals surface area contributed by atoms with Crippen molar-refractivity contribution in [2.45, 2.75) is 44.9 Å². The average Bonchev–Trinajstić information content (AvgIpc) is 2.47. The molecule has 122 valence electrons. The Morgan fingerprint density at radius 1 is 1.36 bits per heavy atom. The second-order valence-electron chi connectivity index (χ2n) is 5.43. The van der Waals surface area contributed by atoms with Crippen LogP contribution in [0.1, 0.15) is 37.3 Å². The van der Waals surface area contributed by atoms with E-state index in [4.69, 9.17) is 4.74 Å². The molecule has 1 saturated heterocycles. The van der Waals surface area contributed by atoms with Crippen molar-refractivity contribution < 1.29 is 22.7 Å². The highest BCUT2D eigenvalue weighted by atomic mass is 19.4. The van der Waals surface area contributed by atoms with E-state index in [9.17, 15) is 18.0 Å². The molecule has 22 heavy (non-hydrogen) atoms. The van der Waals surface area contributed by atoms with E-state index in [1.54, 1.807) is 13.0 Å². The fourth-order valence-corrected chi connectivity index (χ4v) is 2.77. The van der Waals surface area contributed by atoms with Gasteiger partial charge in [0, 0.05) is 6.54 Å². The first kappa shape index (κ1) is 16.8. The Morgan fingerprint density at radius 3 is 2.82 bits per heavy atom. The van der Waals surface area contributed by atoms with Gasteiger partial charge >= 0.3 is 12.1 Å². The monoisotopic (exact) mass is 315 g/mol. The lowest BCUT2D eigenvalue weighted by molar-refractivity contribution is -0.151. The number of ether oxygens (including phenoxy) is 1. The lowest BCUT2D eigenvalue weighted by Crippen LogP contribution is -2.44. The molecular formula is C16H20F3NO2. The predicted molar refractivity (Wildman–Crippen MR) is 76.1 cm³/mol. The molecule has 0 radical (unpaired) electrons. The van der Waals surface area contributed by atoms with E-state index in [1.165, 1.54) is 6.07 Å². The van der Waals surface area contributed by atoms with Crippen LogP contribution in [-0.4, -0.2) is 30.1 Å². The number of carbonyl (C=O) groups excluding carboxylic acids is 1.